The number of anilines is 2. The predicted molar refractivity (Wildman–Crippen MR) is 116 cm³/mol. The van der Waals surface area contributed by atoms with E-state index in [2.05, 4.69) is 24.7 Å². The average molecular weight is 488 g/mol. The second-order valence-electron chi connectivity index (χ2n) is 7.26. The Labute approximate surface area is 189 Å². The smallest absolute Gasteiger partial charge is 0.367 e. The van der Waals surface area contributed by atoms with Crippen molar-refractivity contribution >= 4 is 27.6 Å². The highest BCUT2D eigenvalue weighted by atomic mass is 32.2. The molecule has 0 saturated carbocycles. The molecule has 3 heterocycles. The molecular weight excluding hydrogens is 463 g/mol. The molecule has 1 aliphatic heterocycles. The van der Waals surface area contributed by atoms with Gasteiger partial charge in [-0.1, -0.05) is 0 Å². The first-order valence-electron chi connectivity index (χ1n) is 9.96. The maximum Gasteiger partial charge on any atom is 0.435 e. The molecule has 10 nitrogen and oxygen atoms in total. The third-order valence-corrected chi connectivity index (χ3v) is 6.07. The number of carbonyl (C=O) groups is 1. The average Bonchev–Trinajstić information content (AvgIpc) is 2.78. The van der Waals surface area contributed by atoms with Crippen LogP contribution in [-0.2, 0) is 22.9 Å². The van der Waals surface area contributed by atoms with Gasteiger partial charge in [0, 0.05) is 53.0 Å². The van der Waals surface area contributed by atoms with Crippen LogP contribution >= 0.6 is 0 Å². The van der Waals surface area contributed by atoms with Crippen molar-refractivity contribution in [2.24, 2.45) is 0 Å². The van der Waals surface area contributed by atoms with E-state index in [0.717, 1.165) is 5.56 Å². The van der Waals surface area contributed by atoms with Crippen LogP contribution in [-0.4, -0.2) is 69.5 Å². The van der Waals surface area contributed by atoms with Gasteiger partial charge in [0.25, 0.3) is 16.1 Å². The van der Waals surface area contributed by atoms with Crippen LogP contribution in [0.1, 0.15) is 21.7 Å². The molecule has 0 aliphatic carbocycles. The summed E-state index contributed by atoms with van der Waals surface area (Å²) in [6, 6.07) is 5.90. The Bertz CT molecular complexity index is 1100. The lowest BCUT2D eigenvalue weighted by Gasteiger charge is -2.37. The molecule has 0 radical (unpaired) electrons. The summed E-state index contributed by atoms with van der Waals surface area (Å²) in [5.41, 5.74) is -0.649. The zero-order chi connectivity index (χ0) is 24.2. The van der Waals surface area contributed by atoms with Gasteiger partial charge in [0.2, 0.25) is 0 Å². The third-order valence-electron chi connectivity index (χ3n) is 5.05. The Balaban J connectivity index is 1.69. The number of nitrogens with zero attached hydrogens (tertiary/aromatic N) is 4. The monoisotopic (exact) mass is 487 g/mol. The van der Waals surface area contributed by atoms with Crippen molar-refractivity contribution in [2.75, 3.05) is 49.9 Å². The van der Waals surface area contributed by atoms with Crippen LogP contribution in [0.25, 0.3) is 0 Å². The Morgan fingerprint density at radius 2 is 1.82 bits per heavy atom. The van der Waals surface area contributed by atoms with E-state index < -0.39 is 28.0 Å². The molecule has 0 aromatic carbocycles. The molecule has 1 saturated heterocycles. The molecule has 0 atom stereocenters. The fourth-order valence-corrected chi connectivity index (χ4v) is 3.88. The summed E-state index contributed by atoms with van der Waals surface area (Å²) in [5, 5.41) is 2.27. The number of halogens is 3. The molecule has 1 fully saturated rings. The molecule has 0 bridgehead atoms. The van der Waals surface area contributed by atoms with Gasteiger partial charge in [-0.05, 0) is 29.8 Å². The predicted octanol–water partition coefficient (Wildman–Crippen LogP) is 1.05. The van der Waals surface area contributed by atoms with E-state index in [1.54, 1.807) is 17.0 Å². The van der Waals surface area contributed by atoms with Crippen LogP contribution in [0.5, 0.6) is 0 Å². The number of amides is 1. The standard InChI is InChI=1S/C19H24F3N7O3S/c1-23-18(30)14-3-4-15(17(26-14)19(20,21)22)29-9-7-28(8-10-29)12-13-5-6-25-16(11-13)27-33(31,32)24-2/h3-6,11,24H,7-10,12H2,1-2H3,(H,23,30)(H,25,27). The molecule has 14 heteroatoms. The number of pyridine rings is 2. The zero-order valence-corrected chi connectivity index (χ0v) is 18.8. The van der Waals surface area contributed by atoms with E-state index in [1.807, 2.05) is 4.90 Å². The molecule has 33 heavy (non-hydrogen) atoms. The van der Waals surface area contributed by atoms with Crippen LogP contribution in [0.3, 0.4) is 0 Å². The maximum absolute atomic E-state index is 13.6. The Morgan fingerprint density at radius 3 is 2.42 bits per heavy atom. The van der Waals surface area contributed by atoms with Crippen LogP contribution in [0, 0.1) is 0 Å². The molecule has 3 N–H and O–H groups in total. The zero-order valence-electron chi connectivity index (χ0n) is 18.0. The van der Waals surface area contributed by atoms with Gasteiger partial charge in [0.15, 0.2) is 5.69 Å². The lowest BCUT2D eigenvalue weighted by molar-refractivity contribution is -0.140. The van der Waals surface area contributed by atoms with Gasteiger partial charge in [-0.15, -0.1) is 0 Å². The van der Waals surface area contributed by atoms with Crippen molar-refractivity contribution in [1.82, 2.24) is 24.9 Å². The number of hydrogen-bond acceptors (Lipinski definition) is 7. The Morgan fingerprint density at radius 1 is 1.12 bits per heavy atom. The highest BCUT2D eigenvalue weighted by molar-refractivity contribution is 7.90. The normalized spacial score (nSPS) is 15.4. The molecule has 0 spiro atoms. The summed E-state index contributed by atoms with van der Waals surface area (Å²) in [6.45, 7) is 2.09. The lowest BCUT2D eigenvalue weighted by Crippen LogP contribution is -2.46. The van der Waals surface area contributed by atoms with Crippen molar-refractivity contribution in [2.45, 2.75) is 12.7 Å². The van der Waals surface area contributed by atoms with Crippen molar-refractivity contribution in [1.29, 1.82) is 0 Å². The number of hydrogen-bond donors (Lipinski definition) is 3. The summed E-state index contributed by atoms with van der Waals surface area (Å²) in [7, 11) is -1.09. The number of carbonyl (C=O) groups excluding carboxylic acids is 1. The second kappa shape index (κ2) is 9.89. The topological polar surface area (TPSA) is 120 Å². The first-order valence-corrected chi connectivity index (χ1v) is 11.4. The second-order valence-corrected chi connectivity index (χ2v) is 8.88. The van der Waals surface area contributed by atoms with Gasteiger partial charge in [-0.3, -0.25) is 14.4 Å². The SMILES string of the molecule is CNC(=O)c1ccc(N2CCN(Cc3ccnc(NS(=O)(=O)NC)c3)CC2)c(C(F)(F)F)n1. The minimum Gasteiger partial charge on any atom is -0.367 e. The maximum atomic E-state index is 13.6. The summed E-state index contributed by atoms with van der Waals surface area (Å²) >= 11 is 0. The number of aromatic nitrogens is 2. The van der Waals surface area contributed by atoms with Crippen LogP contribution in [0.2, 0.25) is 0 Å². The first-order chi connectivity index (χ1) is 15.5. The molecule has 2 aromatic heterocycles. The molecular formula is C19H24F3N7O3S. The molecule has 2 aromatic rings. The molecule has 0 unspecified atom stereocenters. The van der Waals surface area contributed by atoms with Crippen LogP contribution < -0.4 is 19.7 Å². The summed E-state index contributed by atoms with van der Waals surface area (Å²) in [4.78, 5) is 22.9. The van der Waals surface area contributed by atoms with Crippen molar-refractivity contribution < 1.29 is 26.4 Å². The van der Waals surface area contributed by atoms with Gasteiger partial charge in [-0.2, -0.15) is 21.6 Å². The van der Waals surface area contributed by atoms with E-state index in [4.69, 9.17) is 0 Å². The van der Waals surface area contributed by atoms with Crippen molar-refractivity contribution in [3.63, 3.8) is 0 Å². The molecule has 1 aliphatic rings. The van der Waals surface area contributed by atoms with E-state index in [-0.39, 0.29) is 17.2 Å². The minimum atomic E-state index is -4.70. The van der Waals surface area contributed by atoms with Gasteiger partial charge in [-0.25, -0.2) is 14.7 Å². The van der Waals surface area contributed by atoms with Crippen molar-refractivity contribution in [3.8, 4) is 0 Å². The van der Waals surface area contributed by atoms with Gasteiger partial charge < -0.3 is 10.2 Å². The third kappa shape index (κ3) is 6.30. The van der Waals surface area contributed by atoms with E-state index >= 15 is 0 Å². The Hall–Kier alpha value is -2.97. The van der Waals surface area contributed by atoms with Gasteiger partial charge >= 0.3 is 6.18 Å². The van der Waals surface area contributed by atoms with Gasteiger partial charge in [0.05, 0.1) is 5.69 Å². The van der Waals surface area contributed by atoms with E-state index in [0.29, 0.717) is 32.7 Å². The molecule has 1 amide bonds. The lowest BCUT2D eigenvalue weighted by atomic mass is 10.1. The summed E-state index contributed by atoms with van der Waals surface area (Å²) in [6.07, 6.45) is -3.22. The Kier molecular flexibility index (Phi) is 7.39. The highest BCUT2D eigenvalue weighted by Crippen LogP contribution is 2.35. The highest BCUT2D eigenvalue weighted by Gasteiger charge is 2.38. The minimum absolute atomic E-state index is 0.0672. The number of nitrogens with one attached hydrogen (secondary N) is 3. The quantitative estimate of drug-likeness (QED) is 0.534. The fraction of sp³-hybridized carbons (Fsp3) is 0.421. The first kappa shape index (κ1) is 24.7. The van der Waals surface area contributed by atoms with Gasteiger partial charge in [0.1, 0.15) is 11.5 Å². The van der Waals surface area contributed by atoms with E-state index in [1.165, 1.54) is 32.4 Å². The molecule has 180 valence electrons. The fourth-order valence-electron chi connectivity index (χ4n) is 3.39. The number of rotatable bonds is 7. The largest absolute Gasteiger partial charge is 0.435 e. The van der Waals surface area contributed by atoms with Crippen LogP contribution in [0.15, 0.2) is 30.5 Å². The summed E-state index contributed by atoms with van der Waals surface area (Å²) < 4.78 is 68.5. The van der Waals surface area contributed by atoms with Crippen LogP contribution in [0.4, 0.5) is 24.7 Å². The number of piperazine rings is 1. The van der Waals surface area contributed by atoms with E-state index in [9.17, 15) is 26.4 Å². The summed E-state index contributed by atoms with van der Waals surface area (Å²) in [5.74, 6) is -0.525. The van der Waals surface area contributed by atoms with Crippen molar-refractivity contribution in [3.05, 3.63) is 47.4 Å². The molecule has 3 rings (SSSR count). The number of alkyl halides is 3.